The second-order valence-corrected chi connectivity index (χ2v) is 2.64. The van der Waals surface area contributed by atoms with E-state index in [1.807, 2.05) is 18.9 Å². The Hall–Kier alpha value is -0.120. The molecule has 0 aromatic heterocycles. The maximum absolute atomic E-state index is 5.56. The first-order valence-electron chi connectivity index (χ1n) is 3.26. The van der Waals surface area contributed by atoms with Gasteiger partial charge in [0.2, 0.25) is 0 Å². The van der Waals surface area contributed by atoms with E-state index in [-0.39, 0.29) is 12.5 Å². The van der Waals surface area contributed by atoms with Crippen molar-refractivity contribution in [3.05, 3.63) is 0 Å². The third-order valence-electron chi connectivity index (χ3n) is 2.08. The molecule has 9 heavy (non-hydrogen) atoms. The molecule has 3 atom stereocenters. The Kier molecular flexibility index (Phi) is 1.75. The second-order valence-electron chi connectivity index (χ2n) is 2.64. The molecule has 0 bridgehead atoms. The van der Waals surface area contributed by atoms with Crippen LogP contribution in [-0.4, -0.2) is 30.4 Å². The predicted octanol–water partition coefficient (Wildman–Crippen LogP) is -0.0323. The summed E-state index contributed by atoms with van der Waals surface area (Å²) in [5, 5.41) is 0. The van der Waals surface area contributed by atoms with Crippen LogP contribution >= 0.6 is 0 Å². The number of likely N-dealkylation sites (N-methyl/N-ethyl adjacent to an activating group) is 1. The Morgan fingerprint density at radius 1 is 1.44 bits per heavy atom. The molecule has 2 N–H and O–H groups in total. The molecule has 1 saturated heterocycles. The highest BCUT2D eigenvalue weighted by Gasteiger charge is 2.31. The van der Waals surface area contributed by atoms with Gasteiger partial charge in [-0.3, -0.25) is 10.6 Å². The van der Waals surface area contributed by atoms with E-state index in [0.717, 1.165) is 0 Å². The normalized spacial score (nSPS) is 46.0. The topological polar surface area (TPSA) is 38.5 Å². The number of rotatable bonds is 0. The zero-order valence-electron chi connectivity index (χ0n) is 6.16. The fourth-order valence-electron chi connectivity index (χ4n) is 0.993. The molecule has 0 aromatic rings. The number of hydrogen-bond acceptors (Lipinski definition) is 3. The molecule has 1 fully saturated rings. The average molecular weight is 130 g/mol. The van der Waals surface area contributed by atoms with Gasteiger partial charge < -0.3 is 4.74 Å². The highest BCUT2D eigenvalue weighted by Crippen LogP contribution is 2.16. The van der Waals surface area contributed by atoms with Crippen LogP contribution in [0.1, 0.15) is 13.8 Å². The van der Waals surface area contributed by atoms with Gasteiger partial charge in [0.1, 0.15) is 0 Å². The summed E-state index contributed by atoms with van der Waals surface area (Å²) in [5.41, 5.74) is 5.56. The van der Waals surface area contributed by atoms with E-state index < -0.39 is 0 Å². The van der Waals surface area contributed by atoms with Gasteiger partial charge in [-0.1, -0.05) is 0 Å². The van der Waals surface area contributed by atoms with E-state index in [9.17, 15) is 0 Å². The first kappa shape index (κ1) is 6.99. The van der Waals surface area contributed by atoms with Gasteiger partial charge in [0.25, 0.3) is 0 Å². The highest BCUT2D eigenvalue weighted by molar-refractivity contribution is 4.77. The van der Waals surface area contributed by atoms with Gasteiger partial charge in [0, 0.05) is 6.04 Å². The van der Waals surface area contributed by atoms with Crippen LogP contribution in [0.25, 0.3) is 0 Å². The summed E-state index contributed by atoms with van der Waals surface area (Å²) in [6, 6.07) is 0.444. The van der Waals surface area contributed by atoms with E-state index in [1.54, 1.807) is 0 Å². The third-order valence-corrected chi connectivity index (χ3v) is 2.08. The van der Waals surface area contributed by atoms with Gasteiger partial charge in [-0.15, -0.1) is 0 Å². The van der Waals surface area contributed by atoms with Gasteiger partial charge in [-0.05, 0) is 20.9 Å². The van der Waals surface area contributed by atoms with Crippen molar-refractivity contribution in [3.8, 4) is 0 Å². The largest absolute Gasteiger partial charge is 0.345 e. The van der Waals surface area contributed by atoms with Crippen LogP contribution in [0.4, 0.5) is 0 Å². The summed E-state index contributed by atoms with van der Waals surface area (Å²) in [4.78, 5) is 2.02. The first-order valence-corrected chi connectivity index (χ1v) is 3.26. The van der Waals surface area contributed by atoms with Crippen molar-refractivity contribution in [2.24, 2.45) is 5.73 Å². The molecule has 0 saturated carbocycles. The van der Waals surface area contributed by atoms with E-state index >= 15 is 0 Å². The standard InChI is InChI=1S/C6H14N2O/c1-4-5(2)9-6(7)8(4)3/h4-6H,7H2,1-3H3. The molecule has 0 aliphatic carbocycles. The van der Waals surface area contributed by atoms with E-state index in [1.165, 1.54) is 0 Å². The molecule has 0 radical (unpaired) electrons. The molecule has 3 nitrogen and oxygen atoms in total. The molecule has 1 rings (SSSR count). The van der Waals surface area contributed by atoms with Gasteiger partial charge in [0.05, 0.1) is 6.10 Å². The molecular formula is C6H14N2O. The molecule has 0 aromatic carbocycles. The Morgan fingerprint density at radius 2 is 2.00 bits per heavy atom. The lowest BCUT2D eigenvalue weighted by Crippen LogP contribution is -2.37. The Morgan fingerprint density at radius 3 is 2.11 bits per heavy atom. The van der Waals surface area contributed by atoms with E-state index in [2.05, 4.69) is 6.92 Å². The van der Waals surface area contributed by atoms with Crippen LogP contribution in [0.15, 0.2) is 0 Å². The van der Waals surface area contributed by atoms with Gasteiger partial charge in [-0.2, -0.15) is 0 Å². The summed E-state index contributed by atoms with van der Waals surface area (Å²) in [5.74, 6) is 0. The molecule has 3 heteroatoms. The van der Waals surface area contributed by atoms with E-state index in [4.69, 9.17) is 10.5 Å². The molecule has 0 amide bonds. The second kappa shape index (κ2) is 2.25. The molecule has 1 heterocycles. The lowest BCUT2D eigenvalue weighted by molar-refractivity contribution is 0.0197. The summed E-state index contributed by atoms with van der Waals surface area (Å²) in [7, 11) is 1.97. The smallest absolute Gasteiger partial charge is 0.163 e. The minimum absolute atomic E-state index is 0.199. The number of ether oxygens (including phenoxy) is 1. The lowest BCUT2D eigenvalue weighted by atomic mass is 10.2. The fraction of sp³-hybridized carbons (Fsp3) is 1.00. The van der Waals surface area contributed by atoms with Crippen LogP contribution in [0.5, 0.6) is 0 Å². The SMILES string of the molecule is CC1OC(N)N(C)C1C. The van der Waals surface area contributed by atoms with Crippen LogP contribution in [0.2, 0.25) is 0 Å². The minimum atomic E-state index is -0.199. The Bertz CT molecular complexity index is 95.2. The zero-order valence-corrected chi connectivity index (χ0v) is 6.16. The molecule has 0 spiro atoms. The highest BCUT2D eigenvalue weighted by atomic mass is 16.5. The first-order chi connectivity index (χ1) is 4.13. The van der Waals surface area contributed by atoms with Gasteiger partial charge >= 0.3 is 0 Å². The molecular weight excluding hydrogens is 116 g/mol. The van der Waals surface area contributed by atoms with Crippen molar-refractivity contribution in [1.29, 1.82) is 0 Å². The fourth-order valence-corrected chi connectivity index (χ4v) is 0.993. The molecule has 1 aliphatic rings. The summed E-state index contributed by atoms with van der Waals surface area (Å²) in [6.45, 7) is 4.14. The molecule has 1 aliphatic heterocycles. The number of nitrogens with two attached hydrogens (primary N) is 1. The van der Waals surface area contributed by atoms with Crippen LogP contribution in [0, 0.1) is 0 Å². The zero-order chi connectivity index (χ0) is 7.02. The maximum Gasteiger partial charge on any atom is 0.163 e. The molecule has 3 unspecified atom stereocenters. The van der Waals surface area contributed by atoms with Crippen LogP contribution in [-0.2, 0) is 4.74 Å². The minimum Gasteiger partial charge on any atom is -0.345 e. The average Bonchev–Trinajstić information content (AvgIpc) is 1.98. The van der Waals surface area contributed by atoms with Gasteiger partial charge in [0.15, 0.2) is 6.35 Å². The molecule has 54 valence electrons. The van der Waals surface area contributed by atoms with Gasteiger partial charge in [-0.25, -0.2) is 0 Å². The summed E-state index contributed by atoms with van der Waals surface area (Å²) >= 11 is 0. The van der Waals surface area contributed by atoms with Crippen molar-refractivity contribution in [2.45, 2.75) is 32.3 Å². The lowest BCUT2D eigenvalue weighted by Gasteiger charge is -2.16. The Balaban J connectivity index is 2.54. The van der Waals surface area contributed by atoms with Crippen molar-refractivity contribution in [2.75, 3.05) is 7.05 Å². The summed E-state index contributed by atoms with van der Waals surface area (Å²) < 4.78 is 5.29. The summed E-state index contributed by atoms with van der Waals surface area (Å²) in [6.07, 6.45) is 0.0694. The third kappa shape index (κ3) is 1.08. The van der Waals surface area contributed by atoms with Crippen LogP contribution < -0.4 is 5.73 Å². The predicted molar refractivity (Wildman–Crippen MR) is 35.7 cm³/mol. The number of nitrogens with zero attached hydrogens (tertiary/aromatic N) is 1. The number of hydrogen-bond donors (Lipinski definition) is 1. The van der Waals surface area contributed by atoms with E-state index in [0.29, 0.717) is 6.04 Å². The Labute approximate surface area is 55.8 Å². The van der Waals surface area contributed by atoms with Crippen LogP contribution in [0.3, 0.4) is 0 Å². The quantitative estimate of drug-likeness (QED) is 0.500. The van der Waals surface area contributed by atoms with Crippen molar-refractivity contribution >= 4 is 0 Å². The van der Waals surface area contributed by atoms with Crippen molar-refractivity contribution in [1.82, 2.24) is 4.90 Å². The maximum atomic E-state index is 5.56. The van der Waals surface area contributed by atoms with Crippen molar-refractivity contribution < 1.29 is 4.74 Å². The van der Waals surface area contributed by atoms with Crippen molar-refractivity contribution in [3.63, 3.8) is 0 Å². The monoisotopic (exact) mass is 130 g/mol.